The van der Waals surface area contributed by atoms with E-state index < -0.39 is 127 Å². The Bertz CT molecular complexity index is 2640. The van der Waals surface area contributed by atoms with E-state index >= 15 is 4.79 Å². The maximum absolute atomic E-state index is 15.4. The number of hydrogen-bond donors (Lipinski definition) is 0. The molecule has 0 saturated carbocycles. The molecule has 40 radical (unpaired) electrons. The van der Waals surface area contributed by atoms with Crippen LogP contribution in [-0.4, -0.2) is 204 Å². The lowest BCUT2D eigenvalue weighted by molar-refractivity contribution is -0.138. The molecule has 0 atom stereocenters. The zero-order valence-electron chi connectivity index (χ0n) is 36.2. The van der Waals surface area contributed by atoms with Crippen LogP contribution in [0.2, 0.25) is 0 Å². The van der Waals surface area contributed by atoms with Crippen LogP contribution in [0.1, 0.15) is 48.2 Å². The molecule has 4 aromatic rings. The van der Waals surface area contributed by atoms with Crippen LogP contribution >= 0.6 is 11.8 Å². The second-order valence-corrected chi connectivity index (χ2v) is 18.0. The molecule has 1 aliphatic rings. The number of alkyl halides is 3. The van der Waals surface area contributed by atoms with E-state index in [1.54, 1.807) is 0 Å². The van der Waals surface area contributed by atoms with Crippen molar-refractivity contribution in [1.82, 2.24) is 19.4 Å². The third-order valence-electron chi connectivity index (χ3n) is 11.3. The molecule has 0 saturated heterocycles. The number of nitrogens with zero attached hydrogens (tertiary/aromatic N) is 4. The average Bonchev–Trinajstić information content (AvgIpc) is 3.65. The van der Waals surface area contributed by atoms with Crippen LogP contribution in [-0.2, 0) is 40.2 Å². The standard InChI is InChI=1S/C36H18B20F4N4O2S/c1-30(45,46)64(31(2,47)48)36(55,56)35(53,54)63(15(65)10-62-14-5-3-4-13(14)28(66)61-29(62)67-33(51,52)11-6-8-12(57)9-7-11)32(49,50)18-24(41)20(37)16(21(38)25(18)42)17-22(39)26(43)19(34(58,59)60)27(44)23(17)40/h6-9H,3-5,10H2,1-2H3. The zero-order valence-corrected chi connectivity index (χ0v) is 37.0. The van der Waals surface area contributed by atoms with Crippen LogP contribution in [0.3, 0.4) is 0 Å². The van der Waals surface area contributed by atoms with E-state index in [0.29, 0.717) is 28.0 Å². The van der Waals surface area contributed by atoms with Crippen LogP contribution in [0, 0.1) is 5.82 Å². The first-order valence-electron chi connectivity index (χ1n) is 19.5. The third-order valence-corrected chi connectivity index (χ3v) is 12.3. The van der Waals surface area contributed by atoms with Gasteiger partial charge >= 0.3 is 6.18 Å². The largest absolute Gasteiger partial charge is 0.415 e. The maximum Gasteiger partial charge on any atom is 0.415 e. The Morgan fingerprint density at radius 1 is 0.672 bits per heavy atom. The van der Waals surface area contributed by atoms with Gasteiger partial charge in [0.25, 0.3) is 5.56 Å². The fraction of sp³-hybridized carbons (Fsp3) is 0.361. The highest BCUT2D eigenvalue weighted by molar-refractivity contribution is 8.02. The number of thioether (sulfide) groups is 1. The van der Waals surface area contributed by atoms with Gasteiger partial charge in [0.05, 0.1) is 94.2 Å². The molecule has 1 heterocycles. The molecule has 0 N–H and O–H groups in total. The lowest BCUT2D eigenvalue weighted by atomic mass is 9.32. The predicted octanol–water partition coefficient (Wildman–Crippen LogP) is -8.57. The molecule has 1 amide bonds. The van der Waals surface area contributed by atoms with Gasteiger partial charge in [0.2, 0.25) is 5.91 Å². The molecule has 288 valence electrons. The second kappa shape index (κ2) is 18.5. The normalized spacial score (nSPS) is 14.0. The van der Waals surface area contributed by atoms with Gasteiger partial charge < -0.3 is 14.4 Å². The van der Waals surface area contributed by atoms with Gasteiger partial charge in [0, 0.05) is 16.8 Å². The van der Waals surface area contributed by atoms with Crippen molar-refractivity contribution in [2.45, 2.75) is 82.2 Å². The van der Waals surface area contributed by atoms with Crippen LogP contribution in [0.15, 0.2) is 34.2 Å². The number of amides is 1. The summed E-state index contributed by atoms with van der Waals surface area (Å²) in [5.74, 6) is -1.92. The first kappa shape index (κ1) is 55.3. The zero-order chi connectivity index (χ0) is 51.3. The summed E-state index contributed by atoms with van der Waals surface area (Å²) in [6, 6.07) is 4.77. The Morgan fingerprint density at radius 2 is 1.10 bits per heavy atom. The smallest absolute Gasteiger partial charge is 0.360 e. The van der Waals surface area contributed by atoms with Crippen molar-refractivity contribution in [1.29, 1.82) is 0 Å². The van der Waals surface area contributed by atoms with Crippen LogP contribution in [0.4, 0.5) is 17.6 Å². The van der Waals surface area contributed by atoms with Crippen molar-refractivity contribution in [2.75, 3.05) is 0 Å². The summed E-state index contributed by atoms with van der Waals surface area (Å²) in [4.78, 5) is 34.0. The molecule has 0 unspecified atom stereocenters. The fourth-order valence-electron chi connectivity index (χ4n) is 8.39. The van der Waals surface area contributed by atoms with E-state index in [1.807, 2.05) is 0 Å². The topological polar surface area (TPSA) is 58.4 Å². The Hall–Kier alpha value is -2.66. The molecule has 67 heavy (non-hydrogen) atoms. The molecule has 6 nitrogen and oxygen atoms in total. The number of hydrogen-bond acceptors (Lipinski definition) is 5. The third kappa shape index (κ3) is 9.88. The Kier molecular flexibility index (Phi) is 15.3. The molecule has 5 rings (SSSR count). The minimum absolute atomic E-state index is 0.170. The summed E-state index contributed by atoms with van der Waals surface area (Å²) in [6.45, 7) is 1.32. The summed E-state index contributed by atoms with van der Waals surface area (Å²) in [7, 11) is 129. The molecule has 1 aromatic heterocycles. The molecule has 0 fully saturated rings. The molecule has 31 heteroatoms. The van der Waals surface area contributed by atoms with Crippen LogP contribution in [0.5, 0.6) is 0 Å². The quantitative estimate of drug-likeness (QED) is 0.0580. The van der Waals surface area contributed by atoms with Gasteiger partial charge in [-0.1, -0.05) is 97.7 Å². The van der Waals surface area contributed by atoms with E-state index in [1.165, 1.54) is 16.7 Å². The van der Waals surface area contributed by atoms with Gasteiger partial charge in [-0.05, 0) is 68.6 Å². The van der Waals surface area contributed by atoms with E-state index in [0.717, 1.165) is 26.0 Å². The number of carbonyl (C=O) groups excluding carboxylic acids is 1. The highest BCUT2D eigenvalue weighted by atomic mass is 32.2. The summed E-state index contributed by atoms with van der Waals surface area (Å²) >= 11 is 0.600. The Morgan fingerprint density at radius 3 is 1.52 bits per heavy atom. The van der Waals surface area contributed by atoms with Gasteiger partial charge in [0.15, 0.2) is 5.16 Å². The van der Waals surface area contributed by atoms with Gasteiger partial charge in [-0.3, -0.25) is 9.59 Å². The molecular formula is C36H18B20F4N4O2S. The molecule has 0 aliphatic heterocycles. The SMILES string of the molecule is [B]c1c([B])c(C(F)(F)F)c([B])c([B])c1-c1c([B])c([B])c(C([B])([B])N(C(=O)Cn2c(SC([B])([B])c3ccc(F)cc3)nc(=O)c3c2CCC3)C([B])([B])C([B])([B])N(C([B])([B])C)C([B])([B])C)c([B])c1[B]. The number of fused-ring (bicyclic) bond motifs is 1. The van der Waals surface area contributed by atoms with Crippen LogP contribution in [0.25, 0.3) is 11.1 Å². The van der Waals surface area contributed by atoms with E-state index in [2.05, 4.69) is 4.98 Å². The van der Waals surface area contributed by atoms with Gasteiger partial charge in [-0.15, -0.1) is 0 Å². The van der Waals surface area contributed by atoms with Crippen molar-refractivity contribution in [3.05, 3.63) is 68.4 Å². The highest BCUT2D eigenvalue weighted by Gasteiger charge is 2.54. The van der Waals surface area contributed by atoms with Crippen molar-refractivity contribution in [3.63, 3.8) is 0 Å². The Labute approximate surface area is 419 Å². The first-order valence-corrected chi connectivity index (χ1v) is 20.3. The monoisotopic (exact) mass is 866 g/mol. The lowest BCUT2D eigenvalue weighted by Gasteiger charge is -2.68. The molecule has 1 aliphatic carbocycles. The van der Waals surface area contributed by atoms with E-state index in [4.69, 9.17) is 157 Å². The van der Waals surface area contributed by atoms with Crippen molar-refractivity contribution in [2.24, 2.45) is 0 Å². The molecule has 3 aromatic carbocycles. The highest BCUT2D eigenvalue weighted by Crippen LogP contribution is 2.40. The van der Waals surface area contributed by atoms with Crippen molar-refractivity contribution < 1.29 is 22.4 Å². The lowest BCUT2D eigenvalue weighted by Crippen LogP contribution is -2.83. The van der Waals surface area contributed by atoms with E-state index in [9.17, 15) is 22.4 Å². The number of halogens is 4. The molecular weight excluding hydrogens is 845 g/mol. The second-order valence-electron chi connectivity index (χ2n) is 16.8. The summed E-state index contributed by atoms with van der Waals surface area (Å²) < 4.78 is 55.3. The molecule has 0 spiro atoms. The van der Waals surface area contributed by atoms with Crippen molar-refractivity contribution in [3.8, 4) is 11.1 Å². The predicted molar refractivity (Wildman–Crippen MR) is 276 cm³/mol. The summed E-state index contributed by atoms with van der Waals surface area (Å²) in [5, 5.41) is -14.1. The number of benzene rings is 3. The van der Waals surface area contributed by atoms with Gasteiger partial charge in [-0.25, -0.2) is 4.39 Å². The number of carbonyl (C=O) groups is 1. The molecule has 0 bridgehead atoms. The maximum atomic E-state index is 15.4. The average molecular weight is 863 g/mol. The van der Waals surface area contributed by atoms with Gasteiger partial charge in [-0.2, -0.15) is 18.2 Å². The number of aromatic nitrogens is 2. The minimum atomic E-state index is -5.13. The van der Waals surface area contributed by atoms with Gasteiger partial charge in [0.1, 0.15) is 75.1 Å². The number of rotatable bonds is 13. The Balaban J connectivity index is 1.83. The van der Waals surface area contributed by atoms with E-state index in [-0.39, 0.29) is 34.8 Å². The van der Waals surface area contributed by atoms with Crippen molar-refractivity contribution >= 4 is 218 Å². The van der Waals surface area contributed by atoms with Crippen LogP contribution < -0.4 is 49.3 Å². The minimum Gasteiger partial charge on any atom is -0.360 e. The first-order chi connectivity index (χ1) is 30.3. The summed E-state index contributed by atoms with van der Waals surface area (Å²) in [5.41, 5.74) is -9.81. The summed E-state index contributed by atoms with van der Waals surface area (Å²) in [6.07, 6.45) is -4.27. The fourth-order valence-corrected chi connectivity index (χ4v) is 9.36.